The van der Waals surface area contributed by atoms with E-state index in [2.05, 4.69) is 16.8 Å². The van der Waals surface area contributed by atoms with Crippen LogP contribution in [0.5, 0.6) is 5.75 Å². The van der Waals surface area contributed by atoms with Gasteiger partial charge < -0.3 is 9.84 Å². The fraction of sp³-hybridized carbons (Fsp3) is 0.643. The molecule has 1 saturated heterocycles. The molecule has 0 amide bonds. The maximum atomic E-state index is 9.89. The molecule has 1 aromatic heterocycles. The summed E-state index contributed by atoms with van der Waals surface area (Å²) >= 11 is 0. The topological polar surface area (TPSA) is 45.6 Å². The number of rotatable bonds is 3. The molecule has 4 heteroatoms. The lowest BCUT2D eigenvalue weighted by molar-refractivity contribution is 0.0254. The molecule has 1 aliphatic rings. The molecule has 0 radical (unpaired) electrons. The van der Waals surface area contributed by atoms with Crippen LogP contribution in [0.2, 0.25) is 0 Å². The van der Waals surface area contributed by atoms with Crippen molar-refractivity contribution in [2.75, 3.05) is 20.2 Å². The predicted octanol–water partition coefficient (Wildman–Crippen LogP) is 1.60. The molecule has 1 aliphatic heterocycles. The number of aliphatic hydroxyl groups is 1. The Morgan fingerprint density at radius 1 is 1.50 bits per heavy atom. The molecule has 100 valence electrons. The summed E-state index contributed by atoms with van der Waals surface area (Å²) < 4.78 is 5.26. The minimum Gasteiger partial charge on any atom is -0.497 e. The molecule has 0 saturated carbocycles. The number of pyridine rings is 1. The van der Waals surface area contributed by atoms with Crippen molar-refractivity contribution in [3.05, 3.63) is 23.5 Å². The van der Waals surface area contributed by atoms with Gasteiger partial charge in [0.25, 0.3) is 0 Å². The van der Waals surface area contributed by atoms with Gasteiger partial charge in [-0.15, -0.1) is 0 Å². The van der Waals surface area contributed by atoms with Gasteiger partial charge in [-0.2, -0.15) is 0 Å². The van der Waals surface area contributed by atoms with E-state index in [1.165, 1.54) is 0 Å². The van der Waals surface area contributed by atoms with Gasteiger partial charge in [-0.1, -0.05) is 6.92 Å². The molecular weight excluding hydrogens is 228 g/mol. The molecule has 1 aromatic rings. The van der Waals surface area contributed by atoms with E-state index in [9.17, 15) is 5.11 Å². The number of methoxy groups -OCH3 is 1. The Morgan fingerprint density at radius 2 is 2.28 bits per heavy atom. The number of hydrogen-bond acceptors (Lipinski definition) is 4. The van der Waals surface area contributed by atoms with E-state index in [1.54, 1.807) is 7.11 Å². The lowest BCUT2D eigenvalue weighted by atomic mass is 9.96. The van der Waals surface area contributed by atoms with Crippen molar-refractivity contribution in [2.45, 2.75) is 32.9 Å². The lowest BCUT2D eigenvalue weighted by Crippen LogP contribution is -2.42. The van der Waals surface area contributed by atoms with Gasteiger partial charge in [0.2, 0.25) is 0 Å². The van der Waals surface area contributed by atoms with E-state index in [0.717, 1.165) is 43.2 Å². The molecule has 0 spiro atoms. The fourth-order valence-corrected chi connectivity index (χ4v) is 2.39. The fourth-order valence-electron chi connectivity index (χ4n) is 2.39. The summed E-state index contributed by atoms with van der Waals surface area (Å²) in [6.07, 6.45) is 0.829. The molecule has 1 N–H and O–H groups in total. The molecular formula is C14H22N2O2. The second kappa shape index (κ2) is 5.67. The summed E-state index contributed by atoms with van der Waals surface area (Å²) in [6, 6.07) is 3.90. The van der Waals surface area contributed by atoms with Crippen molar-refractivity contribution in [3.8, 4) is 5.75 Å². The number of aryl methyl sites for hydroxylation is 1. The second-order valence-corrected chi connectivity index (χ2v) is 5.21. The first-order valence-corrected chi connectivity index (χ1v) is 6.50. The molecule has 1 fully saturated rings. The van der Waals surface area contributed by atoms with Gasteiger partial charge in [-0.3, -0.25) is 9.88 Å². The highest BCUT2D eigenvalue weighted by Gasteiger charge is 2.24. The van der Waals surface area contributed by atoms with Gasteiger partial charge in [0.1, 0.15) is 5.75 Å². The van der Waals surface area contributed by atoms with Gasteiger partial charge >= 0.3 is 0 Å². The molecule has 2 heterocycles. The smallest absolute Gasteiger partial charge is 0.122 e. The van der Waals surface area contributed by atoms with Gasteiger partial charge in [0.05, 0.1) is 18.9 Å². The van der Waals surface area contributed by atoms with Crippen molar-refractivity contribution in [3.63, 3.8) is 0 Å². The number of β-amino-alcohol motifs (C(OH)–C–C–N with tert-alkyl or cyclic N) is 1. The summed E-state index contributed by atoms with van der Waals surface area (Å²) in [5.74, 6) is 1.25. The zero-order chi connectivity index (χ0) is 13.1. The number of ether oxygens (including phenoxy) is 1. The number of aromatic nitrogens is 1. The number of likely N-dealkylation sites (tertiary alicyclic amines) is 1. The van der Waals surface area contributed by atoms with Crippen LogP contribution in [0.1, 0.15) is 24.7 Å². The number of nitrogens with zero attached hydrogens (tertiary/aromatic N) is 2. The molecule has 18 heavy (non-hydrogen) atoms. The molecule has 2 unspecified atom stereocenters. The van der Waals surface area contributed by atoms with E-state index in [0.29, 0.717) is 5.92 Å². The number of hydrogen-bond donors (Lipinski definition) is 1. The summed E-state index contributed by atoms with van der Waals surface area (Å²) in [5, 5.41) is 9.89. The Balaban J connectivity index is 2.03. The average Bonchev–Trinajstić information content (AvgIpc) is 2.33. The van der Waals surface area contributed by atoms with Gasteiger partial charge in [0.15, 0.2) is 0 Å². The maximum Gasteiger partial charge on any atom is 0.122 e. The van der Waals surface area contributed by atoms with Crippen molar-refractivity contribution in [1.29, 1.82) is 0 Å². The molecule has 0 bridgehead atoms. The average molecular weight is 250 g/mol. The highest BCUT2D eigenvalue weighted by Crippen LogP contribution is 2.20. The molecule has 2 rings (SSSR count). The maximum absolute atomic E-state index is 9.89. The Hall–Kier alpha value is -1.13. The van der Waals surface area contributed by atoms with Crippen molar-refractivity contribution < 1.29 is 9.84 Å². The van der Waals surface area contributed by atoms with Crippen LogP contribution in [0.15, 0.2) is 12.1 Å². The normalized spacial score (nSPS) is 25.1. The third kappa shape index (κ3) is 3.21. The molecule has 0 aromatic carbocycles. The highest BCUT2D eigenvalue weighted by atomic mass is 16.5. The summed E-state index contributed by atoms with van der Waals surface area (Å²) in [5.41, 5.74) is 1.98. The van der Waals surface area contributed by atoms with Crippen LogP contribution in [0.3, 0.4) is 0 Å². The summed E-state index contributed by atoms with van der Waals surface area (Å²) in [4.78, 5) is 6.77. The Labute approximate surface area is 109 Å². The summed E-state index contributed by atoms with van der Waals surface area (Å²) in [6.45, 7) is 6.62. The monoisotopic (exact) mass is 250 g/mol. The van der Waals surface area contributed by atoms with E-state index < -0.39 is 0 Å². The predicted molar refractivity (Wildman–Crippen MR) is 70.6 cm³/mol. The van der Waals surface area contributed by atoms with E-state index in [-0.39, 0.29) is 6.10 Å². The Bertz CT molecular complexity index is 409. The SMILES string of the molecule is COc1cc(C)nc(CN2CCC(C)C(O)C2)c1. The summed E-state index contributed by atoms with van der Waals surface area (Å²) in [7, 11) is 1.67. The van der Waals surface area contributed by atoms with Crippen LogP contribution in [0.25, 0.3) is 0 Å². The zero-order valence-corrected chi connectivity index (χ0v) is 11.4. The van der Waals surface area contributed by atoms with E-state index in [1.807, 2.05) is 19.1 Å². The first kappa shape index (κ1) is 13.3. The van der Waals surface area contributed by atoms with Gasteiger partial charge in [0, 0.05) is 30.9 Å². The van der Waals surface area contributed by atoms with Gasteiger partial charge in [-0.05, 0) is 25.8 Å². The lowest BCUT2D eigenvalue weighted by Gasteiger charge is -2.34. The van der Waals surface area contributed by atoms with Crippen LogP contribution in [0.4, 0.5) is 0 Å². The molecule has 0 aliphatic carbocycles. The highest BCUT2D eigenvalue weighted by molar-refractivity contribution is 5.26. The van der Waals surface area contributed by atoms with Crippen LogP contribution in [-0.2, 0) is 6.54 Å². The third-order valence-electron chi connectivity index (χ3n) is 3.60. The van der Waals surface area contributed by atoms with Gasteiger partial charge in [-0.25, -0.2) is 0 Å². The van der Waals surface area contributed by atoms with Crippen LogP contribution < -0.4 is 4.74 Å². The largest absolute Gasteiger partial charge is 0.497 e. The Kier molecular flexibility index (Phi) is 4.19. The van der Waals surface area contributed by atoms with Crippen molar-refractivity contribution in [1.82, 2.24) is 9.88 Å². The minimum absolute atomic E-state index is 0.217. The van der Waals surface area contributed by atoms with Crippen LogP contribution in [-0.4, -0.2) is 41.3 Å². The van der Waals surface area contributed by atoms with Crippen LogP contribution in [0, 0.1) is 12.8 Å². The van der Waals surface area contributed by atoms with Crippen LogP contribution >= 0.6 is 0 Å². The first-order valence-electron chi connectivity index (χ1n) is 6.50. The quantitative estimate of drug-likeness (QED) is 0.885. The third-order valence-corrected chi connectivity index (χ3v) is 3.60. The first-order chi connectivity index (χ1) is 8.58. The van der Waals surface area contributed by atoms with E-state index >= 15 is 0 Å². The van der Waals surface area contributed by atoms with Crippen molar-refractivity contribution in [2.24, 2.45) is 5.92 Å². The molecule has 4 nitrogen and oxygen atoms in total. The zero-order valence-electron chi connectivity index (χ0n) is 11.4. The molecule has 2 atom stereocenters. The van der Waals surface area contributed by atoms with E-state index in [4.69, 9.17) is 4.74 Å². The second-order valence-electron chi connectivity index (χ2n) is 5.21. The standard InChI is InChI=1S/C14H22N2O2/c1-10-4-5-16(9-14(10)17)8-12-7-13(18-3)6-11(2)15-12/h6-7,10,14,17H,4-5,8-9H2,1-3H3. The number of piperidine rings is 1. The minimum atomic E-state index is -0.217. The van der Waals surface area contributed by atoms with Crippen molar-refractivity contribution >= 4 is 0 Å². The Morgan fingerprint density at radius 3 is 2.94 bits per heavy atom. The number of aliphatic hydroxyl groups excluding tert-OH is 1.